The first-order valence-electron chi connectivity index (χ1n) is 4.89. The van der Waals surface area contributed by atoms with Gasteiger partial charge in [-0.25, -0.2) is 0 Å². The Hall–Kier alpha value is 0.467. The fraction of sp³-hybridized carbons (Fsp3) is 1.00. The van der Waals surface area contributed by atoms with Crippen LogP contribution in [0.5, 0.6) is 0 Å². The minimum absolute atomic E-state index is 0.892. The minimum atomic E-state index is -1.35. The Morgan fingerprint density at radius 3 is 2.42 bits per heavy atom. The van der Waals surface area contributed by atoms with Crippen molar-refractivity contribution in [3.8, 4) is 0 Å². The molecular formula is C9H21ClOSi. The highest BCUT2D eigenvalue weighted by molar-refractivity contribution is 7.19. The summed E-state index contributed by atoms with van der Waals surface area (Å²) in [6, 6.07) is 2.36. The van der Waals surface area contributed by atoms with Gasteiger partial charge in [0, 0.05) is 13.2 Å². The predicted molar refractivity (Wildman–Crippen MR) is 58.5 cm³/mol. The van der Waals surface area contributed by atoms with Crippen LogP contribution in [-0.2, 0) is 4.74 Å². The molecule has 74 valence electrons. The molecule has 0 radical (unpaired) electrons. The van der Waals surface area contributed by atoms with E-state index in [-0.39, 0.29) is 0 Å². The van der Waals surface area contributed by atoms with Crippen LogP contribution in [0.3, 0.4) is 0 Å². The van der Waals surface area contributed by atoms with Crippen LogP contribution in [0.1, 0.15) is 26.7 Å². The predicted octanol–water partition coefficient (Wildman–Crippen LogP) is 3.64. The molecule has 0 aliphatic carbocycles. The number of ether oxygens (including phenoxy) is 1. The van der Waals surface area contributed by atoms with Crippen molar-refractivity contribution in [2.75, 3.05) is 13.2 Å². The van der Waals surface area contributed by atoms with Crippen LogP contribution < -0.4 is 0 Å². The molecule has 0 amide bonds. The fourth-order valence-electron chi connectivity index (χ4n) is 0.966. The summed E-state index contributed by atoms with van der Waals surface area (Å²) < 4.78 is 5.39. The second-order valence-corrected chi connectivity index (χ2v) is 10.3. The summed E-state index contributed by atoms with van der Waals surface area (Å²) in [5.74, 6) is 0. The normalized spacial score (nSPS) is 16.0. The third-order valence-electron chi connectivity index (χ3n) is 2.07. The van der Waals surface area contributed by atoms with Gasteiger partial charge in [0.05, 0.1) is 0 Å². The largest absolute Gasteiger partial charge is 0.381 e. The van der Waals surface area contributed by atoms with E-state index in [1.54, 1.807) is 0 Å². The summed E-state index contributed by atoms with van der Waals surface area (Å²) in [5, 5.41) is 0. The molecule has 0 saturated heterocycles. The molecule has 3 heteroatoms. The monoisotopic (exact) mass is 208 g/mol. The number of hydrogen-bond acceptors (Lipinski definition) is 1. The van der Waals surface area contributed by atoms with E-state index in [0.717, 1.165) is 26.1 Å². The van der Waals surface area contributed by atoms with Gasteiger partial charge in [-0.2, -0.15) is 11.1 Å². The first-order chi connectivity index (χ1) is 5.62. The molecule has 0 N–H and O–H groups in total. The van der Waals surface area contributed by atoms with Crippen LogP contribution in [0.4, 0.5) is 0 Å². The summed E-state index contributed by atoms with van der Waals surface area (Å²) >= 11 is 6.32. The number of halogens is 1. The fourth-order valence-corrected chi connectivity index (χ4v) is 2.60. The lowest BCUT2D eigenvalue weighted by Gasteiger charge is -2.16. The Labute approximate surface area is 82.2 Å². The summed E-state index contributed by atoms with van der Waals surface area (Å²) in [7, 11) is -1.35. The van der Waals surface area contributed by atoms with E-state index in [4.69, 9.17) is 15.8 Å². The van der Waals surface area contributed by atoms with E-state index in [0.29, 0.717) is 0 Å². The molecule has 1 unspecified atom stereocenters. The molecule has 0 aliphatic rings. The zero-order valence-corrected chi connectivity index (χ0v) is 10.3. The van der Waals surface area contributed by atoms with Crippen molar-refractivity contribution in [3.05, 3.63) is 0 Å². The van der Waals surface area contributed by atoms with Gasteiger partial charge in [-0.15, -0.1) is 0 Å². The highest BCUT2D eigenvalue weighted by Gasteiger charge is 2.20. The summed E-state index contributed by atoms with van der Waals surface area (Å²) in [6.07, 6.45) is 2.25. The van der Waals surface area contributed by atoms with Gasteiger partial charge in [0.1, 0.15) is 0 Å². The van der Waals surface area contributed by atoms with Crippen molar-refractivity contribution in [1.82, 2.24) is 0 Å². The zero-order valence-electron chi connectivity index (χ0n) is 8.53. The maximum atomic E-state index is 6.32. The molecule has 12 heavy (non-hydrogen) atoms. The molecule has 0 rings (SSSR count). The topological polar surface area (TPSA) is 9.23 Å². The maximum Gasteiger partial charge on any atom is 0.153 e. The Morgan fingerprint density at radius 1 is 1.25 bits per heavy atom. The van der Waals surface area contributed by atoms with E-state index in [9.17, 15) is 0 Å². The van der Waals surface area contributed by atoms with Gasteiger partial charge in [-0.3, -0.25) is 0 Å². The average molecular weight is 209 g/mol. The van der Waals surface area contributed by atoms with Crippen molar-refractivity contribution in [2.45, 2.75) is 45.3 Å². The third-order valence-corrected chi connectivity index (χ3v) is 6.31. The number of rotatable bonds is 7. The van der Waals surface area contributed by atoms with Crippen molar-refractivity contribution in [1.29, 1.82) is 0 Å². The van der Waals surface area contributed by atoms with Crippen LogP contribution in [0.2, 0.25) is 18.6 Å². The smallest absolute Gasteiger partial charge is 0.153 e. The standard InChI is InChI=1S/C9H21ClOSi/c1-4-7-11-8-6-9-12(3,10)5-2/h4-9H2,1-3H3. The summed E-state index contributed by atoms with van der Waals surface area (Å²) in [4.78, 5) is 0. The second kappa shape index (κ2) is 6.93. The minimum Gasteiger partial charge on any atom is -0.381 e. The SMILES string of the molecule is CCCOCCC[Si](C)(Cl)CC. The second-order valence-electron chi connectivity index (χ2n) is 3.48. The highest BCUT2D eigenvalue weighted by atomic mass is 35.6. The van der Waals surface area contributed by atoms with Gasteiger partial charge < -0.3 is 4.74 Å². The Morgan fingerprint density at radius 2 is 1.92 bits per heavy atom. The summed E-state index contributed by atoms with van der Waals surface area (Å²) in [6.45, 7) is 8.34. The van der Waals surface area contributed by atoms with E-state index in [1.807, 2.05) is 0 Å². The maximum absolute atomic E-state index is 6.32. The van der Waals surface area contributed by atoms with Gasteiger partial charge in [0.15, 0.2) is 7.38 Å². The Kier molecular flexibility index (Phi) is 7.20. The number of hydrogen-bond donors (Lipinski definition) is 0. The van der Waals surface area contributed by atoms with Gasteiger partial charge in [-0.1, -0.05) is 20.4 Å². The molecular weight excluding hydrogens is 188 g/mol. The van der Waals surface area contributed by atoms with Gasteiger partial charge >= 0.3 is 0 Å². The van der Waals surface area contributed by atoms with Crippen molar-refractivity contribution in [2.24, 2.45) is 0 Å². The lowest BCUT2D eigenvalue weighted by molar-refractivity contribution is 0.135. The first kappa shape index (κ1) is 12.5. The molecule has 0 aromatic rings. The molecule has 1 atom stereocenters. The van der Waals surface area contributed by atoms with Crippen LogP contribution in [0.15, 0.2) is 0 Å². The van der Waals surface area contributed by atoms with Crippen molar-refractivity contribution >= 4 is 18.5 Å². The van der Waals surface area contributed by atoms with E-state index >= 15 is 0 Å². The van der Waals surface area contributed by atoms with Crippen LogP contribution in [-0.4, -0.2) is 20.6 Å². The third kappa shape index (κ3) is 7.13. The zero-order chi connectivity index (χ0) is 9.45. The Balaban J connectivity index is 3.19. The molecule has 0 saturated carbocycles. The molecule has 0 aliphatic heterocycles. The van der Waals surface area contributed by atoms with Gasteiger partial charge in [-0.05, 0) is 24.9 Å². The molecule has 0 fully saturated rings. The lowest BCUT2D eigenvalue weighted by atomic mass is 10.5. The van der Waals surface area contributed by atoms with Crippen molar-refractivity contribution < 1.29 is 4.74 Å². The lowest BCUT2D eigenvalue weighted by Crippen LogP contribution is -2.20. The van der Waals surface area contributed by atoms with E-state index in [2.05, 4.69) is 20.4 Å². The van der Waals surface area contributed by atoms with Crippen LogP contribution in [0, 0.1) is 0 Å². The summed E-state index contributed by atoms with van der Waals surface area (Å²) in [5.41, 5.74) is 0. The van der Waals surface area contributed by atoms with Gasteiger partial charge in [0.25, 0.3) is 0 Å². The molecule has 1 nitrogen and oxygen atoms in total. The molecule has 0 heterocycles. The Bertz CT molecular complexity index is 107. The first-order valence-corrected chi connectivity index (χ1v) is 8.81. The quantitative estimate of drug-likeness (QED) is 0.353. The average Bonchev–Trinajstić information content (AvgIpc) is 2.04. The highest BCUT2D eigenvalue weighted by Crippen LogP contribution is 2.21. The molecule has 0 bridgehead atoms. The van der Waals surface area contributed by atoms with E-state index in [1.165, 1.54) is 12.1 Å². The molecule has 0 aromatic heterocycles. The van der Waals surface area contributed by atoms with Crippen molar-refractivity contribution in [3.63, 3.8) is 0 Å². The van der Waals surface area contributed by atoms with Crippen LogP contribution >= 0.6 is 11.1 Å². The van der Waals surface area contributed by atoms with Gasteiger partial charge in [0.2, 0.25) is 0 Å². The molecule has 0 spiro atoms. The van der Waals surface area contributed by atoms with Crippen LogP contribution in [0.25, 0.3) is 0 Å². The molecule has 0 aromatic carbocycles. The van der Waals surface area contributed by atoms with E-state index < -0.39 is 7.38 Å².